The van der Waals surface area contributed by atoms with Crippen LogP contribution in [0.5, 0.6) is 0 Å². The monoisotopic (exact) mass is 464 g/mol. The van der Waals surface area contributed by atoms with Crippen molar-refractivity contribution in [3.05, 3.63) is 112 Å². The summed E-state index contributed by atoms with van der Waals surface area (Å²) in [6.45, 7) is 6.36. The number of nitrogens with zero attached hydrogens (tertiary/aromatic N) is 2. The average Bonchev–Trinajstić information content (AvgIpc) is 3.13. The van der Waals surface area contributed by atoms with Gasteiger partial charge < -0.3 is 5.11 Å². The van der Waals surface area contributed by atoms with E-state index in [1.807, 2.05) is 54.6 Å². The van der Waals surface area contributed by atoms with Crippen molar-refractivity contribution in [3.8, 4) is 6.07 Å². The molecule has 0 saturated carbocycles. The predicted molar refractivity (Wildman–Crippen MR) is 136 cm³/mol. The van der Waals surface area contributed by atoms with Crippen LogP contribution in [-0.4, -0.2) is 16.8 Å². The van der Waals surface area contributed by atoms with Gasteiger partial charge in [0.25, 0.3) is 5.91 Å². The molecule has 3 aromatic carbocycles. The van der Waals surface area contributed by atoms with E-state index in [0.29, 0.717) is 17.7 Å². The van der Waals surface area contributed by atoms with Gasteiger partial charge in [0.1, 0.15) is 0 Å². The first kappa shape index (κ1) is 24.0. The van der Waals surface area contributed by atoms with Crippen molar-refractivity contribution in [1.82, 2.24) is 0 Å². The predicted octanol–water partition coefficient (Wildman–Crippen LogP) is 5.96. The fourth-order valence-electron chi connectivity index (χ4n) is 4.37. The number of hydrogen-bond acceptors (Lipinski definition) is 4. The molecule has 1 heterocycles. The third kappa shape index (κ3) is 4.88. The van der Waals surface area contributed by atoms with E-state index in [4.69, 9.17) is 5.26 Å². The number of carbonyl (C=O) groups excluding carboxylic acids is 2. The summed E-state index contributed by atoms with van der Waals surface area (Å²) in [6.07, 6.45) is 0.686. The summed E-state index contributed by atoms with van der Waals surface area (Å²) in [5.41, 5.74) is 3.91. The molecule has 1 atom stereocenters. The van der Waals surface area contributed by atoms with E-state index < -0.39 is 17.7 Å². The van der Waals surface area contributed by atoms with Crippen molar-refractivity contribution in [2.45, 2.75) is 45.1 Å². The molecule has 1 aliphatic heterocycles. The lowest BCUT2D eigenvalue weighted by Gasteiger charge is -2.28. The summed E-state index contributed by atoms with van der Waals surface area (Å²) < 4.78 is 0. The lowest BCUT2D eigenvalue weighted by molar-refractivity contribution is -0.118. The maximum Gasteiger partial charge on any atom is 0.294 e. The van der Waals surface area contributed by atoms with Crippen LogP contribution in [0.15, 0.2) is 90.2 Å². The minimum Gasteiger partial charge on any atom is -0.503 e. The molecule has 5 nitrogen and oxygen atoms in total. The fourth-order valence-corrected chi connectivity index (χ4v) is 4.37. The Balaban J connectivity index is 1.74. The number of hydrogen-bond donors (Lipinski definition) is 1. The second-order valence-electron chi connectivity index (χ2n) is 9.78. The molecular weight excluding hydrogens is 436 g/mol. The van der Waals surface area contributed by atoms with Gasteiger partial charge in [-0.25, -0.2) is 0 Å². The highest BCUT2D eigenvalue weighted by atomic mass is 16.3. The number of amides is 1. The van der Waals surface area contributed by atoms with Crippen LogP contribution in [0.1, 0.15) is 55.5 Å². The minimum atomic E-state index is -0.757. The Kier molecular flexibility index (Phi) is 6.57. The summed E-state index contributed by atoms with van der Waals surface area (Å²) in [7, 11) is 0. The van der Waals surface area contributed by atoms with E-state index in [9.17, 15) is 14.7 Å². The van der Waals surface area contributed by atoms with Crippen molar-refractivity contribution in [1.29, 1.82) is 5.26 Å². The number of aryl methyl sites for hydroxylation is 1. The van der Waals surface area contributed by atoms with Crippen molar-refractivity contribution in [2.75, 3.05) is 4.90 Å². The zero-order chi connectivity index (χ0) is 25.2. The van der Waals surface area contributed by atoms with Gasteiger partial charge in [0, 0.05) is 12.1 Å². The first-order valence-electron chi connectivity index (χ1n) is 11.6. The average molecular weight is 465 g/mol. The Hall–Kier alpha value is -4.17. The molecule has 176 valence electrons. The first-order valence-corrected chi connectivity index (χ1v) is 11.6. The van der Waals surface area contributed by atoms with E-state index in [2.05, 4.69) is 26.8 Å². The molecule has 0 radical (unpaired) electrons. The third-order valence-electron chi connectivity index (χ3n) is 6.36. The normalized spacial score (nSPS) is 15.9. The van der Waals surface area contributed by atoms with Gasteiger partial charge in [0.05, 0.1) is 23.2 Å². The summed E-state index contributed by atoms with van der Waals surface area (Å²) >= 11 is 0. The van der Waals surface area contributed by atoms with E-state index in [-0.39, 0.29) is 23.2 Å². The number of Topliss-reactive ketones (excluding diaryl/α,β-unsaturated/α-hetero) is 1. The lowest BCUT2D eigenvalue weighted by atomic mass is 9.85. The zero-order valence-electron chi connectivity index (χ0n) is 20.2. The largest absolute Gasteiger partial charge is 0.503 e. The molecule has 1 N–H and O–H groups in total. The van der Waals surface area contributed by atoms with Crippen LogP contribution in [0, 0.1) is 11.3 Å². The molecule has 35 heavy (non-hydrogen) atoms. The van der Waals surface area contributed by atoms with Gasteiger partial charge in [-0.1, -0.05) is 75.4 Å². The van der Waals surface area contributed by atoms with Crippen molar-refractivity contribution in [2.24, 2.45) is 0 Å². The third-order valence-corrected chi connectivity index (χ3v) is 6.36. The molecule has 0 saturated heterocycles. The molecule has 0 aliphatic carbocycles. The molecule has 0 fully saturated rings. The number of nitriles is 1. The molecule has 3 aromatic rings. The van der Waals surface area contributed by atoms with Gasteiger partial charge in [-0.15, -0.1) is 0 Å². The second kappa shape index (κ2) is 9.60. The van der Waals surface area contributed by atoms with Gasteiger partial charge in [0.2, 0.25) is 0 Å². The first-order chi connectivity index (χ1) is 16.7. The van der Waals surface area contributed by atoms with Crippen LogP contribution < -0.4 is 4.90 Å². The summed E-state index contributed by atoms with van der Waals surface area (Å²) in [4.78, 5) is 28.1. The topological polar surface area (TPSA) is 81.4 Å². The van der Waals surface area contributed by atoms with Crippen LogP contribution in [-0.2, 0) is 21.4 Å². The quantitative estimate of drug-likeness (QED) is 0.488. The molecule has 0 aromatic heterocycles. The molecule has 0 bridgehead atoms. The molecule has 1 unspecified atom stereocenters. The zero-order valence-corrected chi connectivity index (χ0v) is 20.2. The second-order valence-corrected chi connectivity index (χ2v) is 9.78. The fraction of sp³-hybridized carbons (Fsp3) is 0.233. The molecule has 1 amide bonds. The molecule has 1 aliphatic rings. The van der Waals surface area contributed by atoms with Gasteiger partial charge in [0.15, 0.2) is 11.5 Å². The number of rotatable bonds is 6. The Labute approximate surface area is 205 Å². The Morgan fingerprint density at radius 3 is 2.17 bits per heavy atom. The highest BCUT2D eigenvalue weighted by molar-refractivity contribution is 6.16. The number of aliphatic hydroxyl groups excluding tert-OH is 1. The van der Waals surface area contributed by atoms with Crippen molar-refractivity contribution in [3.63, 3.8) is 0 Å². The van der Waals surface area contributed by atoms with Gasteiger partial charge in [-0.3, -0.25) is 14.5 Å². The smallest absolute Gasteiger partial charge is 0.294 e. The van der Waals surface area contributed by atoms with Crippen LogP contribution in [0.2, 0.25) is 0 Å². The number of anilines is 1. The van der Waals surface area contributed by atoms with Crippen LogP contribution in [0.4, 0.5) is 5.69 Å². The lowest BCUT2D eigenvalue weighted by Crippen LogP contribution is -2.31. The standard InChI is InChI=1S/C30H28N2O3/c1-30(2,3)23-14-12-22(13-15-23)27-26(25(33)18-11-20-7-5-4-6-8-20)28(34)29(35)32(27)24-16-9-21(19-31)10-17-24/h4-10,12-17,27,34H,11,18H2,1-3H3. The van der Waals surface area contributed by atoms with Gasteiger partial charge >= 0.3 is 0 Å². The number of carbonyl (C=O) groups is 2. The summed E-state index contributed by atoms with van der Waals surface area (Å²) in [5, 5.41) is 20.0. The van der Waals surface area contributed by atoms with E-state index in [1.165, 1.54) is 4.90 Å². The van der Waals surface area contributed by atoms with E-state index >= 15 is 0 Å². The van der Waals surface area contributed by atoms with Crippen LogP contribution >= 0.6 is 0 Å². The summed E-state index contributed by atoms with van der Waals surface area (Å²) in [5.74, 6) is -1.40. The Morgan fingerprint density at radius 1 is 0.971 bits per heavy atom. The highest BCUT2D eigenvalue weighted by Gasteiger charge is 2.44. The molecular formula is C30H28N2O3. The number of aliphatic hydroxyl groups is 1. The number of ketones is 1. The van der Waals surface area contributed by atoms with Crippen molar-refractivity contribution < 1.29 is 14.7 Å². The maximum atomic E-state index is 13.4. The molecule has 5 heteroatoms. The number of benzene rings is 3. The highest BCUT2D eigenvalue weighted by Crippen LogP contribution is 2.42. The molecule has 4 rings (SSSR count). The van der Waals surface area contributed by atoms with Gasteiger partial charge in [-0.2, -0.15) is 5.26 Å². The van der Waals surface area contributed by atoms with E-state index in [0.717, 1.165) is 16.7 Å². The van der Waals surface area contributed by atoms with Crippen LogP contribution in [0.25, 0.3) is 0 Å². The van der Waals surface area contributed by atoms with Crippen LogP contribution in [0.3, 0.4) is 0 Å². The maximum absolute atomic E-state index is 13.4. The molecule has 0 spiro atoms. The van der Waals surface area contributed by atoms with E-state index in [1.54, 1.807) is 24.3 Å². The minimum absolute atomic E-state index is 0.0524. The van der Waals surface area contributed by atoms with Crippen molar-refractivity contribution >= 4 is 17.4 Å². The SMILES string of the molecule is CC(C)(C)c1ccc(C2C(C(=O)CCc3ccccc3)=C(O)C(=O)N2c2ccc(C#N)cc2)cc1. The Bertz CT molecular complexity index is 1310. The summed E-state index contributed by atoms with van der Waals surface area (Å²) in [6, 6.07) is 25.4. The Morgan fingerprint density at radius 2 is 1.60 bits per heavy atom. The van der Waals surface area contributed by atoms with Gasteiger partial charge in [-0.05, 0) is 52.8 Å².